The second-order valence-electron chi connectivity index (χ2n) is 5.79. The van der Waals surface area contributed by atoms with Crippen LogP contribution in [0.3, 0.4) is 0 Å². The number of aromatic nitrogens is 2. The summed E-state index contributed by atoms with van der Waals surface area (Å²) in [5.41, 5.74) is 2.73. The molecule has 98 valence electrons. The first-order valence-electron chi connectivity index (χ1n) is 7.42. The molecule has 1 saturated carbocycles. The van der Waals surface area contributed by atoms with Gasteiger partial charge in [0.25, 0.3) is 0 Å². The molecule has 0 amide bonds. The van der Waals surface area contributed by atoms with Gasteiger partial charge in [0.05, 0.1) is 0 Å². The molecule has 0 aliphatic heterocycles. The summed E-state index contributed by atoms with van der Waals surface area (Å²) in [6, 6.07) is 0. The SMILES string of the molecule is CCCNCC1CCc2nc(C3CC3)ncc2C1. The van der Waals surface area contributed by atoms with E-state index in [0.717, 1.165) is 37.7 Å². The van der Waals surface area contributed by atoms with Gasteiger partial charge in [0.1, 0.15) is 5.82 Å². The third kappa shape index (κ3) is 2.72. The smallest absolute Gasteiger partial charge is 0.131 e. The molecule has 0 radical (unpaired) electrons. The molecule has 18 heavy (non-hydrogen) atoms. The normalized spacial score (nSPS) is 22.8. The number of rotatable bonds is 5. The predicted molar refractivity (Wildman–Crippen MR) is 72.7 cm³/mol. The summed E-state index contributed by atoms with van der Waals surface area (Å²) in [5, 5.41) is 3.53. The number of aryl methyl sites for hydroxylation is 1. The van der Waals surface area contributed by atoms with Crippen LogP contribution < -0.4 is 5.32 Å². The number of nitrogens with zero attached hydrogens (tertiary/aromatic N) is 2. The van der Waals surface area contributed by atoms with E-state index in [2.05, 4.69) is 23.4 Å². The van der Waals surface area contributed by atoms with Gasteiger partial charge in [-0.15, -0.1) is 0 Å². The van der Waals surface area contributed by atoms with Gasteiger partial charge in [0.15, 0.2) is 0 Å². The maximum absolute atomic E-state index is 4.77. The molecular formula is C15H23N3. The van der Waals surface area contributed by atoms with Crippen molar-refractivity contribution in [3.8, 4) is 0 Å². The summed E-state index contributed by atoms with van der Waals surface area (Å²) < 4.78 is 0. The maximum Gasteiger partial charge on any atom is 0.131 e. The van der Waals surface area contributed by atoms with Crippen LogP contribution in [0.2, 0.25) is 0 Å². The van der Waals surface area contributed by atoms with Crippen molar-refractivity contribution < 1.29 is 0 Å². The molecule has 0 bridgehead atoms. The first kappa shape index (κ1) is 12.1. The number of hydrogen-bond acceptors (Lipinski definition) is 3. The highest BCUT2D eigenvalue weighted by molar-refractivity contribution is 5.23. The van der Waals surface area contributed by atoms with Gasteiger partial charge in [-0.25, -0.2) is 9.97 Å². The molecule has 3 rings (SSSR count). The van der Waals surface area contributed by atoms with E-state index in [0.29, 0.717) is 5.92 Å². The molecule has 1 unspecified atom stereocenters. The number of fused-ring (bicyclic) bond motifs is 1. The van der Waals surface area contributed by atoms with Crippen molar-refractivity contribution in [2.45, 2.75) is 51.4 Å². The van der Waals surface area contributed by atoms with Crippen molar-refractivity contribution in [1.82, 2.24) is 15.3 Å². The molecule has 0 saturated heterocycles. The third-order valence-corrected chi connectivity index (χ3v) is 4.07. The minimum absolute atomic E-state index is 0.680. The Bertz CT molecular complexity index is 412. The zero-order valence-electron chi connectivity index (χ0n) is 11.3. The lowest BCUT2D eigenvalue weighted by Crippen LogP contribution is -2.28. The summed E-state index contributed by atoms with van der Waals surface area (Å²) in [6.45, 7) is 4.51. The van der Waals surface area contributed by atoms with Gasteiger partial charge in [-0.05, 0) is 63.1 Å². The van der Waals surface area contributed by atoms with Gasteiger partial charge < -0.3 is 5.32 Å². The highest BCUT2D eigenvalue weighted by atomic mass is 14.9. The third-order valence-electron chi connectivity index (χ3n) is 4.07. The Labute approximate surface area is 109 Å². The molecule has 3 heteroatoms. The van der Waals surface area contributed by atoms with Crippen molar-refractivity contribution in [3.63, 3.8) is 0 Å². The summed E-state index contributed by atoms with van der Waals surface area (Å²) >= 11 is 0. The van der Waals surface area contributed by atoms with Gasteiger partial charge in [-0.1, -0.05) is 6.92 Å². The van der Waals surface area contributed by atoms with Gasteiger partial charge in [0.2, 0.25) is 0 Å². The van der Waals surface area contributed by atoms with E-state index in [1.807, 2.05) is 0 Å². The predicted octanol–water partition coefficient (Wildman–Crippen LogP) is 2.46. The maximum atomic E-state index is 4.77. The molecule has 0 spiro atoms. The summed E-state index contributed by atoms with van der Waals surface area (Å²) in [4.78, 5) is 9.33. The van der Waals surface area contributed by atoms with Gasteiger partial charge in [-0.3, -0.25) is 0 Å². The Balaban J connectivity index is 1.62. The Morgan fingerprint density at radius 1 is 1.33 bits per heavy atom. The zero-order chi connectivity index (χ0) is 12.4. The largest absolute Gasteiger partial charge is 0.316 e. The fraction of sp³-hybridized carbons (Fsp3) is 0.733. The first-order valence-corrected chi connectivity index (χ1v) is 7.42. The van der Waals surface area contributed by atoms with Gasteiger partial charge in [-0.2, -0.15) is 0 Å². The lowest BCUT2D eigenvalue weighted by molar-refractivity contribution is 0.419. The second kappa shape index (κ2) is 5.35. The molecule has 1 N–H and O–H groups in total. The molecule has 1 fully saturated rings. The van der Waals surface area contributed by atoms with Crippen LogP contribution in [-0.2, 0) is 12.8 Å². The Morgan fingerprint density at radius 2 is 2.22 bits per heavy atom. The van der Waals surface area contributed by atoms with Crippen LogP contribution >= 0.6 is 0 Å². The van der Waals surface area contributed by atoms with E-state index in [4.69, 9.17) is 4.98 Å². The van der Waals surface area contributed by atoms with E-state index in [1.165, 1.54) is 36.9 Å². The lowest BCUT2D eigenvalue weighted by Gasteiger charge is -2.24. The molecule has 0 aromatic carbocycles. The topological polar surface area (TPSA) is 37.8 Å². The lowest BCUT2D eigenvalue weighted by atomic mass is 9.87. The van der Waals surface area contributed by atoms with Crippen molar-refractivity contribution >= 4 is 0 Å². The molecule has 2 aliphatic rings. The van der Waals surface area contributed by atoms with Gasteiger partial charge >= 0.3 is 0 Å². The number of hydrogen-bond donors (Lipinski definition) is 1. The van der Waals surface area contributed by atoms with Crippen LogP contribution in [0.1, 0.15) is 55.6 Å². The summed E-state index contributed by atoms with van der Waals surface area (Å²) in [5.74, 6) is 2.56. The van der Waals surface area contributed by atoms with E-state index in [1.54, 1.807) is 0 Å². The minimum Gasteiger partial charge on any atom is -0.316 e. The van der Waals surface area contributed by atoms with Crippen molar-refractivity contribution in [1.29, 1.82) is 0 Å². The molecule has 1 heterocycles. The molecular weight excluding hydrogens is 222 g/mol. The minimum atomic E-state index is 0.680. The summed E-state index contributed by atoms with van der Waals surface area (Å²) in [7, 11) is 0. The highest BCUT2D eigenvalue weighted by Gasteiger charge is 2.28. The monoisotopic (exact) mass is 245 g/mol. The van der Waals surface area contributed by atoms with Crippen LogP contribution in [-0.4, -0.2) is 23.1 Å². The van der Waals surface area contributed by atoms with E-state index in [-0.39, 0.29) is 0 Å². The molecule has 1 atom stereocenters. The second-order valence-corrected chi connectivity index (χ2v) is 5.79. The quantitative estimate of drug-likeness (QED) is 0.810. The standard InChI is InChI=1S/C15H23N3/c1-2-7-16-9-11-3-6-14-13(8-11)10-17-15(18-14)12-4-5-12/h10-12,16H,2-9H2,1H3. The average molecular weight is 245 g/mol. The first-order chi connectivity index (χ1) is 8.86. The average Bonchev–Trinajstić information content (AvgIpc) is 3.23. The van der Waals surface area contributed by atoms with Crippen molar-refractivity contribution in [3.05, 3.63) is 23.3 Å². The zero-order valence-corrected chi connectivity index (χ0v) is 11.3. The van der Waals surface area contributed by atoms with E-state index in [9.17, 15) is 0 Å². The molecule has 2 aliphatic carbocycles. The number of nitrogens with one attached hydrogen (secondary N) is 1. The Kier molecular flexibility index (Phi) is 3.59. The molecule has 1 aromatic rings. The van der Waals surface area contributed by atoms with Crippen LogP contribution in [0.5, 0.6) is 0 Å². The molecule has 3 nitrogen and oxygen atoms in total. The van der Waals surface area contributed by atoms with Gasteiger partial charge in [0, 0.05) is 17.8 Å². The van der Waals surface area contributed by atoms with E-state index < -0.39 is 0 Å². The van der Waals surface area contributed by atoms with Crippen LogP contribution in [0.4, 0.5) is 0 Å². The van der Waals surface area contributed by atoms with E-state index >= 15 is 0 Å². The fourth-order valence-corrected chi connectivity index (χ4v) is 2.79. The van der Waals surface area contributed by atoms with Crippen molar-refractivity contribution in [2.75, 3.05) is 13.1 Å². The van der Waals surface area contributed by atoms with Crippen LogP contribution in [0.25, 0.3) is 0 Å². The van der Waals surface area contributed by atoms with Crippen LogP contribution in [0, 0.1) is 5.92 Å². The Hall–Kier alpha value is -0.960. The Morgan fingerprint density at radius 3 is 3.00 bits per heavy atom. The molecule has 1 aromatic heterocycles. The fourth-order valence-electron chi connectivity index (χ4n) is 2.79. The van der Waals surface area contributed by atoms with Crippen molar-refractivity contribution in [2.24, 2.45) is 5.92 Å². The summed E-state index contributed by atoms with van der Waals surface area (Å²) in [6.07, 6.45) is 9.50. The van der Waals surface area contributed by atoms with Crippen LogP contribution in [0.15, 0.2) is 6.20 Å². The highest BCUT2D eigenvalue weighted by Crippen LogP contribution is 2.38.